The molecule has 2 unspecified atom stereocenters. The first-order valence-corrected chi connectivity index (χ1v) is 4.57. The quantitative estimate of drug-likeness (QED) is 0.676. The molecule has 5 nitrogen and oxygen atoms in total. The highest BCUT2D eigenvalue weighted by Crippen LogP contribution is 2.26. The maximum Gasteiger partial charge on any atom is 0.239 e. The van der Waals surface area contributed by atoms with Gasteiger partial charge in [0.15, 0.2) is 0 Å². The topological polar surface area (TPSA) is 77.0 Å². The van der Waals surface area contributed by atoms with E-state index in [0.29, 0.717) is 11.9 Å². The molecule has 5 heteroatoms. The summed E-state index contributed by atoms with van der Waals surface area (Å²) in [6, 6.07) is 0. The number of nitrogens with two attached hydrogens (primary N) is 1. The van der Waals surface area contributed by atoms with Crippen LogP contribution in [0, 0.1) is 5.92 Å². The number of anilines is 1. The SMILES string of the molecule is Nc1ncn(CC2CCC(O)C2)n1. The minimum absolute atomic E-state index is 0.120. The van der Waals surface area contributed by atoms with Crippen LogP contribution in [0.4, 0.5) is 5.95 Å². The van der Waals surface area contributed by atoms with Crippen molar-refractivity contribution in [3.05, 3.63) is 6.33 Å². The van der Waals surface area contributed by atoms with Crippen molar-refractivity contribution >= 4 is 5.95 Å². The van der Waals surface area contributed by atoms with Crippen LogP contribution >= 0.6 is 0 Å². The molecule has 0 aliphatic heterocycles. The van der Waals surface area contributed by atoms with Crippen LogP contribution in [-0.4, -0.2) is 26.0 Å². The van der Waals surface area contributed by atoms with Gasteiger partial charge in [-0.2, -0.15) is 0 Å². The second kappa shape index (κ2) is 3.33. The molecule has 1 aromatic rings. The summed E-state index contributed by atoms with van der Waals surface area (Å²) in [6.45, 7) is 0.821. The van der Waals surface area contributed by atoms with Crippen LogP contribution in [0.25, 0.3) is 0 Å². The van der Waals surface area contributed by atoms with E-state index >= 15 is 0 Å². The van der Waals surface area contributed by atoms with E-state index in [0.717, 1.165) is 25.8 Å². The molecule has 13 heavy (non-hydrogen) atoms. The zero-order valence-electron chi connectivity index (χ0n) is 7.43. The average Bonchev–Trinajstić information content (AvgIpc) is 2.62. The van der Waals surface area contributed by atoms with Crippen molar-refractivity contribution in [2.75, 3.05) is 5.73 Å². The fourth-order valence-electron chi connectivity index (χ4n) is 1.88. The predicted octanol–water partition coefficient (Wildman–Crippen LogP) is 0.0213. The second-order valence-electron chi connectivity index (χ2n) is 3.66. The van der Waals surface area contributed by atoms with E-state index in [1.165, 1.54) is 0 Å². The van der Waals surface area contributed by atoms with E-state index in [1.54, 1.807) is 11.0 Å². The summed E-state index contributed by atoms with van der Waals surface area (Å²) in [6.07, 6.45) is 4.38. The van der Waals surface area contributed by atoms with Gasteiger partial charge in [-0.15, -0.1) is 5.10 Å². The molecule has 0 spiro atoms. The van der Waals surface area contributed by atoms with Crippen LogP contribution in [0.5, 0.6) is 0 Å². The lowest BCUT2D eigenvalue weighted by molar-refractivity contribution is 0.175. The van der Waals surface area contributed by atoms with Gasteiger partial charge in [0.2, 0.25) is 5.95 Å². The largest absolute Gasteiger partial charge is 0.393 e. The summed E-state index contributed by atoms with van der Waals surface area (Å²) in [5.74, 6) is 0.842. The van der Waals surface area contributed by atoms with Crippen LogP contribution in [0.2, 0.25) is 0 Å². The van der Waals surface area contributed by atoms with Crippen molar-refractivity contribution in [1.29, 1.82) is 0 Å². The van der Waals surface area contributed by atoms with E-state index in [2.05, 4.69) is 10.1 Å². The molecule has 1 heterocycles. The minimum atomic E-state index is -0.120. The Kier molecular flexibility index (Phi) is 2.18. The summed E-state index contributed by atoms with van der Waals surface area (Å²) in [5.41, 5.74) is 5.39. The van der Waals surface area contributed by atoms with E-state index in [9.17, 15) is 5.11 Å². The highest BCUT2D eigenvalue weighted by atomic mass is 16.3. The van der Waals surface area contributed by atoms with Crippen LogP contribution < -0.4 is 5.73 Å². The van der Waals surface area contributed by atoms with Crippen molar-refractivity contribution < 1.29 is 5.11 Å². The Morgan fingerprint density at radius 3 is 3.00 bits per heavy atom. The number of rotatable bonds is 2. The first kappa shape index (κ1) is 8.50. The molecule has 1 saturated carbocycles. The molecule has 1 aliphatic rings. The van der Waals surface area contributed by atoms with Crippen LogP contribution in [0.3, 0.4) is 0 Å². The van der Waals surface area contributed by atoms with Gasteiger partial charge in [-0.1, -0.05) is 0 Å². The normalized spacial score (nSPS) is 28.1. The van der Waals surface area contributed by atoms with Gasteiger partial charge in [0.05, 0.1) is 6.10 Å². The fourth-order valence-corrected chi connectivity index (χ4v) is 1.88. The minimum Gasteiger partial charge on any atom is -0.393 e. The van der Waals surface area contributed by atoms with Crippen LogP contribution in [0.1, 0.15) is 19.3 Å². The standard InChI is InChI=1S/C8H14N4O/c9-8-10-5-12(11-8)4-6-1-2-7(13)3-6/h5-7,13H,1-4H2,(H2,9,11). The van der Waals surface area contributed by atoms with Gasteiger partial charge in [0.25, 0.3) is 0 Å². The maximum absolute atomic E-state index is 9.31. The lowest BCUT2D eigenvalue weighted by Crippen LogP contribution is -2.09. The van der Waals surface area contributed by atoms with E-state index in [-0.39, 0.29) is 6.10 Å². The van der Waals surface area contributed by atoms with Gasteiger partial charge in [0.1, 0.15) is 6.33 Å². The molecule has 2 atom stereocenters. The Hall–Kier alpha value is -1.10. The fraction of sp³-hybridized carbons (Fsp3) is 0.750. The summed E-state index contributed by atoms with van der Waals surface area (Å²) < 4.78 is 1.75. The molecular formula is C8H14N4O. The van der Waals surface area contributed by atoms with Crippen LogP contribution in [0.15, 0.2) is 6.33 Å². The molecule has 3 N–H and O–H groups in total. The first-order valence-electron chi connectivity index (χ1n) is 4.57. The lowest BCUT2D eigenvalue weighted by Gasteiger charge is -2.07. The van der Waals surface area contributed by atoms with Crippen molar-refractivity contribution in [2.24, 2.45) is 5.92 Å². The van der Waals surface area contributed by atoms with Gasteiger partial charge in [-0.25, -0.2) is 4.98 Å². The van der Waals surface area contributed by atoms with Crippen LogP contribution in [-0.2, 0) is 6.54 Å². The molecule has 2 rings (SSSR count). The van der Waals surface area contributed by atoms with Crippen molar-refractivity contribution in [1.82, 2.24) is 14.8 Å². The van der Waals surface area contributed by atoms with Crippen molar-refractivity contribution in [3.63, 3.8) is 0 Å². The number of aromatic nitrogens is 3. The number of aliphatic hydroxyl groups excluding tert-OH is 1. The predicted molar refractivity (Wildman–Crippen MR) is 47.8 cm³/mol. The zero-order valence-corrected chi connectivity index (χ0v) is 7.43. The molecule has 72 valence electrons. The zero-order chi connectivity index (χ0) is 9.26. The van der Waals surface area contributed by atoms with Gasteiger partial charge in [-0.3, -0.25) is 4.68 Å². The molecule has 0 saturated heterocycles. The van der Waals surface area contributed by atoms with Crippen molar-refractivity contribution in [3.8, 4) is 0 Å². The van der Waals surface area contributed by atoms with Gasteiger partial charge < -0.3 is 10.8 Å². The van der Waals surface area contributed by atoms with E-state index in [1.807, 2.05) is 0 Å². The Morgan fingerprint density at radius 2 is 2.46 bits per heavy atom. The van der Waals surface area contributed by atoms with Gasteiger partial charge in [0, 0.05) is 6.54 Å². The third-order valence-corrected chi connectivity index (χ3v) is 2.51. The third kappa shape index (κ3) is 1.98. The Labute approximate surface area is 76.6 Å². The summed E-state index contributed by atoms with van der Waals surface area (Å²) in [7, 11) is 0. The highest BCUT2D eigenvalue weighted by Gasteiger charge is 2.23. The molecule has 1 aliphatic carbocycles. The Balaban J connectivity index is 1.91. The number of aliphatic hydroxyl groups is 1. The molecule has 1 aromatic heterocycles. The third-order valence-electron chi connectivity index (χ3n) is 2.51. The molecule has 0 radical (unpaired) electrons. The number of hydrogen-bond donors (Lipinski definition) is 2. The van der Waals surface area contributed by atoms with Crippen molar-refractivity contribution in [2.45, 2.75) is 31.9 Å². The monoisotopic (exact) mass is 182 g/mol. The molecular weight excluding hydrogens is 168 g/mol. The number of nitrogen functional groups attached to an aromatic ring is 1. The molecule has 1 fully saturated rings. The number of nitrogens with zero attached hydrogens (tertiary/aromatic N) is 3. The van der Waals surface area contributed by atoms with Gasteiger partial charge in [-0.05, 0) is 25.2 Å². The molecule has 0 aromatic carbocycles. The molecule has 0 bridgehead atoms. The van der Waals surface area contributed by atoms with Gasteiger partial charge >= 0.3 is 0 Å². The lowest BCUT2D eigenvalue weighted by atomic mass is 10.1. The number of hydrogen-bond acceptors (Lipinski definition) is 4. The summed E-state index contributed by atoms with van der Waals surface area (Å²) in [5, 5.41) is 13.3. The maximum atomic E-state index is 9.31. The molecule has 0 amide bonds. The first-order chi connectivity index (χ1) is 6.24. The van der Waals surface area contributed by atoms with E-state index in [4.69, 9.17) is 5.73 Å². The average molecular weight is 182 g/mol. The summed E-state index contributed by atoms with van der Waals surface area (Å²) in [4.78, 5) is 3.84. The summed E-state index contributed by atoms with van der Waals surface area (Å²) >= 11 is 0. The second-order valence-corrected chi connectivity index (χ2v) is 3.66. The highest BCUT2D eigenvalue weighted by molar-refractivity contribution is 5.09. The van der Waals surface area contributed by atoms with E-state index < -0.39 is 0 Å². The Morgan fingerprint density at radius 1 is 1.62 bits per heavy atom. The Bertz CT molecular complexity index is 285. The smallest absolute Gasteiger partial charge is 0.239 e.